The predicted octanol–water partition coefficient (Wildman–Crippen LogP) is 5.78. The van der Waals surface area contributed by atoms with Gasteiger partial charge in [0.2, 0.25) is 11.8 Å². The van der Waals surface area contributed by atoms with Crippen LogP contribution in [0.3, 0.4) is 0 Å². The minimum Gasteiger partial charge on any atom is -0.465 e. The lowest BCUT2D eigenvalue weighted by Crippen LogP contribution is -2.57. The van der Waals surface area contributed by atoms with E-state index in [1.165, 1.54) is 0 Å². The van der Waals surface area contributed by atoms with Gasteiger partial charge in [0.05, 0.1) is 17.7 Å². The Morgan fingerprint density at radius 3 is 2.04 bits per heavy atom. The molecule has 1 aliphatic heterocycles. The van der Waals surface area contributed by atoms with Crippen LogP contribution in [0.5, 0.6) is 0 Å². The van der Waals surface area contributed by atoms with E-state index < -0.39 is 42.3 Å². The summed E-state index contributed by atoms with van der Waals surface area (Å²) in [6.07, 6.45) is 1.30. The molecule has 12 nitrogen and oxygen atoms in total. The van der Waals surface area contributed by atoms with Gasteiger partial charge in [-0.1, -0.05) is 119 Å². The number of benzene rings is 3. The van der Waals surface area contributed by atoms with Crippen LogP contribution in [-0.2, 0) is 29.0 Å². The molecular weight excluding hydrogens is 709 g/mol. The summed E-state index contributed by atoms with van der Waals surface area (Å²) in [5, 5.41) is 31.1. The normalized spacial score (nSPS) is 16.7. The number of nitrogens with one attached hydrogen (secondary N) is 3. The van der Waals surface area contributed by atoms with Crippen molar-refractivity contribution in [1.29, 1.82) is 0 Å². The summed E-state index contributed by atoms with van der Waals surface area (Å²) in [5.41, 5.74) is 3.66. The number of pyridine rings is 1. The monoisotopic (exact) mass is 764 g/mol. The quantitative estimate of drug-likeness (QED) is 0.0809. The summed E-state index contributed by atoms with van der Waals surface area (Å²) in [6, 6.07) is 25.5. The van der Waals surface area contributed by atoms with E-state index in [4.69, 9.17) is 0 Å². The Labute approximate surface area is 329 Å². The average Bonchev–Trinajstić information content (AvgIpc) is 3.55. The summed E-state index contributed by atoms with van der Waals surface area (Å²) in [5.74, 6) is -1.29. The number of fused-ring (bicyclic) bond motifs is 1. The number of rotatable bonds is 19. The number of aromatic nitrogens is 1. The number of para-hydroxylation sites is 1. The molecule has 1 aliphatic rings. The van der Waals surface area contributed by atoms with E-state index >= 15 is 0 Å². The van der Waals surface area contributed by atoms with Crippen LogP contribution in [0.15, 0.2) is 97.2 Å². The third kappa shape index (κ3) is 10.8. The van der Waals surface area contributed by atoms with Crippen molar-refractivity contribution in [2.45, 2.75) is 96.6 Å². The molecule has 0 bridgehead atoms. The van der Waals surface area contributed by atoms with Crippen molar-refractivity contribution in [1.82, 2.24) is 30.7 Å². The zero-order valence-electron chi connectivity index (χ0n) is 32.8. The number of urea groups is 1. The number of carbonyl (C=O) groups is 4. The minimum absolute atomic E-state index is 0.0724. The van der Waals surface area contributed by atoms with E-state index in [1.54, 1.807) is 16.0 Å². The molecule has 298 valence electrons. The lowest BCUT2D eigenvalue weighted by molar-refractivity contribution is -0.129. The molecule has 12 heteroatoms. The van der Waals surface area contributed by atoms with Gasteiger partial charge in [-0.3, -0.25) is 14.6 Å². The largest absolute Gasteiger partial charge is 0.465 e. The van der Waals surface area contributed by atoms with Gasteiger partial charge in [-0.05, 0) is 59.9 Å². The lowest BCUT2D eigenvalue weighted by Gasteiger charge is -2.34. The van der Waals surface area contributed by atoms with Crippen LogP contribution >= 0.6 is 0 Å². The number of aliphatic hydroxyl groups is 1. The standard InChI is InChI=1S/C44H56N6O6/c1-5-29(3)39(48-43(54)55)41(52)46-34(25-31-15-9-7-10-16-31)27-38(51)37(26-32-17-11-8-12-18-32)47-42(53)40(30(4)6-2)50-24-23-49(44(50)56)28-33-21-22-45-36-20-14-13-19-35(33)36/h7-22,29-30,34,37-40,48,51H,5-6,23-28H2,1-4H3,(H,46,52)(H,47,53)(H,54,55)/t29?,30?,34-,37-,38-,39-,40-/m0/s1. The number of amides is 5. The van der Waals surface area contributed by atoms with Crippen molar-refractivity contribution in [3.63, 3.8) is 0 Å². The second kappa shape index (κ2) is 19.9. The van der Waals surface area contributed by atoms with Crippen molar-refractivity contribution in [3.8, 4) is 0 Å². The summed E-state index contributed by atoms with van der Waals surface area (Å²) in [4.78, 5) is 61.7. The smallest absolute Gasteiger partial charge is 0.405 e. The zero-order chi connectivity index (χ0) is 40.2. The molecule has 1 fully saturated rings. The maximum atomic E-state index is 14.5. The van der Waals surface area contributed by atoms with Gasteiger partial charge in [-0.25, -0.2) is 9.59 Å². The maximum Gasteiger partial charge on any atom is 0.405 e. The van der Waals surface area contributed by atoms with Crippen molar-refractivity contribution in [2.75, 3.05) is 13.1 Å². The highest BCUT2D eigenvalue weighted by Crippen LogP contribution is 2.25. The second-order valence-corrected chi connectivity index (χ2v) is 15.0. The first-order valence-electron chi connectivity index (χ1n) is 19.7. The molecule has 2 unspecified atom stereocenters. The summed E-state index contributed by atoms with van der Waals surface area (Å²) in [7, 11) is 0. The minimum atomic E-state index is -1.29. The number of carbonyl (C=O) groups excluding carboxylic acids is 3. The Balaban J connectivity index is 1.38. The molecule has 4 aromatic rings. The van der Waals surface area contributed by atoms with Crippen LogP contribution < -0.4 is 16.0 Å². The van der Waals surface area contributed by atoms with Crippen molar-refractivity contribution >= 4 is 34.8 Å². The Morgan fingerprint density at radius 2 is 1.39 bits per heavy atom. The molecule has 3 aromatic carbocycles. The number of hydrogen-bond donors (Lipinski definition) is 5. The van der Waals surface area contributed by atoms with E-state index in [1.807, 2.05) is 119 Å². The van der Waals surface area contributed by atoms with Crippen molar-refractivity contribution in [2.24, 2.45) is 11.8 Å². The third-order valence-corrected chi connectivity index (χ3v) is 11.1. The van der Waals surface area contributed by atoms with Gasteiger partial charge >= 0.3 is 12.1 Å². The molecule has 2 heterocycles. The average molecular weight is 765 g/mol. The van der Waals surface area contributed by atoms with Crippen LogP contribution in [0.25, 0.3) is 10.9 Å². The molecule has 1 aromatic heterocycles. The molecule has 5 amide bonds. The Hall–Kier alpha value is -5.49. The Morgan fingerprint density at radius 1 is 0.768 bits per heavy atom. The van der Waals surface area contributed by atoms with Gasteiger partial charge in [0, 0.05) is 37.3 Å². The van der Waals surface area contributed by atoms with Gasteiger partial charge < -0.3 is 36.0 Å². The molecular formula is C44H56N6O6. The fourth-order valence-electron chi connectivity index (χ4n) is 7.53. The van der Waals surface area contributed by atoms with Gasteiger partial charge in [0.25, 0.3) is 0 Å². The van der Waals surface area contributed by atoms with Gasteiger partial charge in [0.15, 0.2) is 0 Å². The number of carboxylic acid groups (broad SMARTS) is 1. The second-order valence-electron chi connectivity index (χ2n) is 15.0. The number of nitrogens with zero attached hydrogens (tertiary/aromatic N) is 3. The van der Waals surface area contributed by atoms with Gasteiger partial charge in [0.1, 0.15) is 12.1 Å². The van der Waals surface area contributed by atoms with Crippen LogP contribution in [0.2, 0.25) is 0 Å². The first kappa shape index (κ1) is 41.7. The van der Waals surface area contributed by atoms with E-state index in [-0.39, 0.29) is 30.2 Å². The van der Waals surface area contributed by atoms with Crippen LogP contribution in [0.4, 0.5) is 9.59 Å². The highest BCUT2D eigenvalue weighted by molar-refractivity contribution is 5.89. The SMILES string of the molecule is CCC(C)[C@H](NC(=O)O)C(=O)N[C@@H](Cc1ccccc1)C[C@H](O)[C@H](Cc1ccccc1)NC(=O)[C@H](C(C)CC)N1CCN(Cc2ccnc3ccccc23)C1=O. The van der Waals surface area contributed by atoms with Crippen molar-refractivity contribution < 1.29 is 29.4 Å². The van der Waals surface area contributed by atoms with E-state index in [0.29, 0.717) is 45.3 Å². The first-order chi connectivity index (χ1) is 27.0. The van der Waals surface area contributed by atoms with E-state index in [0.717, 1.165) is 27.6 Å². The fraction of sp³-hybridized carbons (Fsp3) is 0.432. The molecule has 1 saturated heterocycles. The van der Waals surface area contributed by atoms with Gasteiger partial charge in [-0.15, -0.1) is 0 Å². The lowest BCUT2D eigenvalue weighted by atomic mass is 9.91. The molecule has 7 atom stereocenters. The van der Waals surface area contributed by atoms with Gasteiger partial charge in [-0.2, -0.15) is 0 Å². The van der Waals surface area contributed by atoms with E-state index in [2.05, 4.69) is 20.9 Å². The topological polar surface area (TPSA) is 164 Å². The number of hydrogen-bond acceptors (Lipinski definition) is 6. The highest BCUT2D eigenvalue weighted by Gasteiger charge is 2.41. The highest BCUT2D eigenvalue weighted by atomic mass is 16.4. The number of aliphatic hydroxyl groups excluding tert-OH is 1. The van der Waals surface area contributed by atoms with Crippen LogP contribution in [0.1, 0.15) is 63.6 Å². The summed E-state index contributed by atoms with van der Waals surface area (Å²) >= 11 is 0. The zero-order valence-corrected chi connectivity index (χ0v) is 32.8. The molecule has 5 N–H and O–H groups in total. The molecule has 0 aliphatic carbocycles. The first-order valence-corrected chi connectivity index (χ1v) is 19.7. The fourth-order valence-corrected chi connectivity index (χ4v) is 7.53. The third-order valence-electron chi connectivity index (χ3n) is 11.1. The predicted molar refractivity (Wildman–Crippen MR) is 217 cm³/mol. The Bertz CT molecular complexity index is 1910. The van der Waals surface area contributed by atoms with E-state index in [9.17, 15) is 29.4 Å². The summed E-state index contributed by atoms with van der Waals surface area (Å²) < 4.78 is 0. The van der Waals surface area contributed by atoms with Crippen LogP contribution in [0, 0.1) is 11.8 Å². The molecule has 0 spiro atoms. The molecule has 56 heavy (non-hydrogen) atoms. The molecule has 5 rings (SSSR count). The molecule has 0 radical (unpaired) electrons. The van der Waals surface area contributed by atoms with Crippen molar-refractivity contribution in [3.05, 3.63) is 114 Å². The Kier molecular flexibility index (Phi) is 14.8. The molecule has 0 saturated carbocycles. The summed E-state index contributed by atoms with van der Waals surface area (Å²) in [6.45, 7) is 8.88. The van der Waals surface area contributed by atoms with Crippen LogP contribution in [-0.4, -0.2) is 92.3 Å². The maximum absolute atomic E-state index is 14.5.